The van der Waals surface area contributed by atoms with Crippen LogP contribution in [0.2, 0.25) is 5.15 Å². The molecule has 0 spiro atoms. The third kappa shape index (κ3) is 2.19. The molecule has 1 aromatic carbocycles. The van der Waals surface area contributed by atoms with Crippen LogP contribution in [0.25, 0.3) is 10.9 Å². The van der Waals surface area contributed by atoms with Gasteiger partial charge in [0, 0.05) is 5.39 Å². The molecular formula is C15H16ClNO2. The molecule has 100 valence electrons. The van der Waals surface area contributed by atoms with Crippen LogP contribution in [0, 0.1) is 13.8 Å². The van der Waals surface area contributed by atoms with Crippen LogP contribution in [-0.4, -0.2) is 16.1 Å². The second kappa shape index (κ2) is 4.82. The van der Waals surface area contributed by atoms with Gasteiger partial charge in [-0.2, -0.15) is 0 Å². The van der Waals surface area contributed by atoms with Crippen LogP contribution in [0.3, 0.4) is 0 Å². The van der Waals surface area contributed by atoms with E-state index in [0.29, 0.717) is 0 Å². The third-order valence-corrected chi connectivity index (χ3v) is 3.61. The Labute approximate surface area is 117 Å². The van der Waals surface area contributed by atoms with Crippen molar-refractivity contribution in [2.75, 3.05) is 0 Å². The lowest BCUT2D eigenvalue weighted by Crippen LogP contribution is -2.09. The summed E-state index contributed by atoms with van der Waals surface area (Å²) in [6.07, 6.45) is 0. The number of rotatable bonds is 2. The fourth-order valence-corrected chi connectivity index (χ4v) is 2.72. The van der Waals surface area contributed by atoms with E-state index in [0.717, 1.165) is 27.6 Å². The molecule has 0 aliphatic rings. The number of aryl methyl sites for hydroxylation is 2. The molecule has 0 amide bonds. The van der Waals surface area contributed by atoms with Gasteiger partial charge in [0.15, 0.2) is 0 Å². The zero-order chi connectivity index (χ0) is 14.3. The largest absolute Gasteiger partial charge is 0.478 e. The summed E-state index contributed by atoms with van der Waals surface area (Å²) in [6.45, 7) is 7.86. The van der Waals surface area contributed by atoms with Gasteiger partial charge in [-0.1, -0.05) is 37.6 Å². The van der Waals surface area contributed by atoms with Crippen molar-refractivity contribution < 1.29 is 9.90 Å². The van der Waals surface area contributed by atoms with Gasteiger partial charge in [-0.3, -0.25) is 0 Å². The Morgan fingerprint density at radius 2 is 1.84 bits per heavy atom. The Bertz CT molecular complexity index is 678. The zero-order valence-electron chi connectivity index (χ0n) is 11.4. The Morgan fingerprint density at radius 1 is 1.26 bits per heavy atom. The first kappa shape index (κ1) is 13.8. The summed E-state index contributed by atoms with van der Waals surface area (Å²) in [5, 5.41) is 10.4. The van der Waals surface area contributed by atoms with E-state index in [9.17, 15) is 9.90 Å². The molecule has 0 fully saturated rings. The summed E-state index contributed by atoms with van der Waals surface area (Å²) in [5.74, 6) is -0.960. The van der Waals surface area contributed by atoms with Crippen molar-refractivity contribution in [3.63, 3.8) is 0 Å². The average molecular weight is 278 g/mol. The summed E-state index contributed by atoms with van der Waals surface area (Å²) < 4.78 is 0. The molecule has 0 radical (unpaired) electrons. The van der Waals surface area contributed by atoms with Crippen LogP contribution in [0.4, 0.5) is 0 Å². The number of carboxylic acids is 1. The highest BCUT2D eigenvalue weighted by molar-refractivity contribution is 6.33. The van der Waals surface area contributed by atoms with E-state index in [1.165, 1.54) is 0 Å². The summed E-state index contributed by atoms with van der Waals surface area (Å²) >= 11 is 6.08. The van der Waals surface area contributed by atoms with E-state index in [4.69, 9.17) is 11.6 Å². The van der Waals surface area contributed by atoms with Gasteiger partial charge in [0.05, 0.1) is 5.52 Å². The summed E-state index contributed by atoms with van der Waals surface area (Å²) in [6, 6.07) is 3.97. The molecule has 2 aromatic rings. The van der Waals surface area contributed by atoms with Gasteiger partial charge < -0.3 is 5.11 Å². The molecule has 0 saturated heterocycles. The summed E-state index contributed by atoms with van der Waals surface area (Å²) in [5.41, 5.74) is 3.71. The number of nitrogens with zero attached hydrogens (tertiary/aromatic N) is 1. The number of aromatic nitrogens is 1. The van der Waals surface area contributed by atoms with Crippen molar-refractivity contribution >= 4 is 28.5 Å². The van der Waals surface area contributed by atoms with Crippen LogP contribution >= 0.6 is 11.6 Å². The Morgan fingerprint density at radius 3 is 2.37 bits per heavy atom. The Kier molecular flexibility index (Phi) is 3.50. The lowest BCUT2D eigenvalue weighted by atomic mass is 9.90. The van der Waals surface area contributed by atoms with E-state index in [-0.39, 0.29) is 16.6 Å². The highest BCUT2D eigenvalue weighted by atomic mass is 35.5. The smallest absolute Gasteiger partial charge is 0.339 e. The van der Waals surface area contributed by atoms with Gasteiger partial charge >= 0.3 is 5.97 Å². The number of aromatic carboxylic acids is 1. The number of carboxylic acid groups (broad SMARTS) is 1. The molecule has 1 N–H and O–H groups in total. The molecular weight excluding hydrogens is 262 g/mol. The first-order chi connectivity index (χ1) is 8.84. The van der Waals surface area contributed by atoms with Gasteiger partial charge in [-0.05, 0) is 36.5 Å². The topological polar surface area (TPSA) is 50.2 Å². The van der Waals surface area contributed by atoms with E-state index in [1.807, 2.05) is 39.8 Å². The predicted molar refractivity (Wildman–Crippen MR) is 77.3 cm³/mol. The molecule has 3 nitrogen and oxygen atoms in total. The van der Waals surface area contributed by atoms with Crippen LogP contribution in [-0.2, 0) is 0 Å². The predicted octanol–water partition coefficient (Wildman–Crippen LogP) is 4.33. The van der Waals surface area contributed by atoms with E-state index >= 15 is 0 Å². The summed E-state index contributed by atoms with van der Waals surface area (Å²) in [4.78, 5) is 15.7. The number of carbonyl (C=O) groups is 1. The summed E-state index contributed by atoms with van der Waals surface area (Å²) in [7, 11) is 0. The molecule has 4 heteroatoms. The first-order valence-corrected chi connectivity index (χ1v) is 6.55. The Balaban J connectivity index is 3.07. The molecule has 0 bridgehead atoms. The highest BCUT2D eigenvalue weighted by Crippen LogP contribution is 2.35. The van der Waals surface area contributed by atoms with Crippen LogP contribution in [0.5, 0.6) is 0 Å². The van der Waals surface area contributed by atoms with Crippen molar-refractivity contribution in [3.8, 4) is 0 Å². The van der Waals surface area contributed by atoms with Crippen molar-refractivity contribution in [3.05, 3.63) is 39.5 Å². The number of halogens is 1. The van der Waals surface area contributed by atoms with Crippen molar-refractivity contribution in [2.24, 2.45) is 0 Å². The van der Waals surface area contributed by atoms with E-state index in [2.05, 4.69) is 4.98 Å². The second-order valence-corrected chi connectivity index (χ2v) is 5.43. The van der Waals surface area contributed by atoms with Gasteiger partial charge in [-0.25, -0.2) is 9.78 Å². The van der Waals surface area contributed by atoms with Crippen molar-refractivity contribution in [1.29, 1.82) is 0 Å². The number of hydrogen-bond acceptors (Lipinski definition) is 2. The number of benzene rings is 1. The maximum absolute atomic E-state index is 11.5. The minimum Gasteiger partial charge on any atom is -0.478 e. The van der Waals surface area contributed by atoms with Crippen molar-refractivity contribution in [2.45, 2.75) is 33.6 Å². The molecule has 0 aliphatic carbocycles. The quantitative estimate of drug-likeness (QED) is 0.832. The fourth-order valence-electron chi connectivity index (χ4n) is 2.45. The van der Waals surface area contributed by atoms with Crippen LogP contribution < -0.4 is 0 Å². The maximum Gasteiger partial charge on any atom is 0.339 e. The van der Waals surface area contributed by atoms with Crippen LogP contribution in [0.1, 0.15) is 46.8 Å². The number of hydrogen-bond donors (Lipinski definition) is 1. The van der Waals surface area contributed by atoms with Gasteiger partial charge in [-0.15, -0.1) is 0 Å². The standard InChI is InChI=1S/C15H16ClNO2/c1-7(2)10-11-8(3)5-6-9(4)13(11)17-14(16)12(10)15(18)19/h5-7H,1-4H3,(H,18,19). The highest BCUT2D eigenvalue weighted by Gasteiger charge is 2.23. The molecule has 1 heterocycles. The molecule has 2 rings (SSSR count). The molecule has 0 unspecified atom stereocenters. The second-order valence-electron chi connectivity index (χ2n) is 5.07. The number of pyridine rings is 1. The first-order valence-electron chi connectivity index (χ1n) is 6.17. The monoisotopic (exact) mass is 277 g/mol. The molecule has 0 saturated carbocycles. The molecule has 1 aromatic heterocycles. The maximum atomic E-state index is 11.5. The minimum absolute atomic E-state index is 0.0644. The average Bonchev–Trinajstić information content (AvgIpc) is 2.32. The zero-order valence-corrected chi connectivity index (χ0v) is 12.2. The van der Waals surface area contributed by atoms with Crippen molar-refractivity contribution in [1.82, 2.24) is 4.98 Å². The molecule has 0 aliphatic heterocycles. The van der Waals surface area contributed by atoms with E-state index in [1.54, 1.807) is 0 Å². The number of fused-ring (bicyclic) bond motifs is 1. The lowest BCUT2D eigenvalue weighted by molar-refractivity contribution is 0.0695. The third-order valence-electron chi connectivity index (χ3n) is 3.33. The Hall–Kier alpha value is -1.61. The van der Waals surface area contributed by atoms with Crippen LogP contribution in [0.15, 0.2) is 12.1 Å². The minimum atomic E-state index is -1.02. The lowest BCUT2D eigenvalue weighted by Gasteiger charge is -2.17. The van der Waals surface area contributed by atoms with Gasteiger partial charge in [0.25, 0.3) is 0 Å². The molecule has 0 atom stereocenters. The normalized spacial score (nSPS) is 11.3. The SMILES string of the molecule is Cc1ccc(C)c2c(C(C)C)c(C(=O)O)c(Cl)nc12. The van der Waals surface area contributed by atoms with Gasteiger partial charge in [0.1, 0.15) is 10.7 Å². The van der Waals surface area contributed by atoms with Gasteiger partial charge in [0.2, 0.25) is 0 Å². The fraction of sp³-hybridized carbons (Fsp3) is 0.333. The molecule has 19 heavy (non-hydrogen) atoms. The van der Waals surface area contributed by atoms with E-state index < -0.39 is 5.97 Å².